The number of rotatable bonds is 4. The lowest BCUT2D eigenvalue weighted by molar-refractivity contribution is 0.754. The lowest BCUT2D eigenvalue weighted by atomic mass is 10.2. The van der Waals surface area contributed by atoms with Gasteiger partial charge in [0.1, 0.15) is 0 Å². The molecule has 0 atom stereocenters. The maximum Gasteiger partial charge on any atom is 0.155 e. The molecule has 0 aromatic carbocycles. The van der Waals surface area contributed by atoms with Gasteiger partial charge in [-0.1, -0.05) is 24.6 Å². The van der Waals surface area contributed by atoms with E-state index in [0.29, 0.717) is 0 Å². The summed E-state index contributed by atoms with van der Waals surface area (Å²) < 4.78 is 1.73. The molecule has 0 N–H and O–H groups in total. The first kappa shape index (κ1) is 10.8. The van der Waals surface area contributed by atoms with Crippen molar-refractivity contribution in [1.29, 1.82) is 0 Å². The van der Waals surface area contributed by atoms with Crippen molar-refractivity contribution in [1.82, 2.24) is 20.0 Å². The Labute approximate surface area is 95.3 Å². The molecule has 2 aromatic heterocycles. The van der Waals surface area contributed by atoms with Gasteiger partial charge >= 0.3 is 0 Å². The number of hydrogen-bond acceptors (Lipinski definition) is 3. The van der Waals surface area contributed by atoms with Crippen LogP contribution in [0.1, 0.15) is 31.2 Å². The first-order valence-corrected chi connectivity index (χ1v) is 5.65. The topological polar surface area (TPSA) is 43.6 Å². The van der Waals surface area contributed by atoms with E-state index in [1.54, 1.807) is 4.68 Å². The second-order valence-electron chi connectivity index (χ2n) is 3.90. The van der Waals surface area contributed by atoms with E-state index in [4.69, 9.17) is 0 Å². The van der Waals surface area contributed by atoms with Crippen molar-refractivity contribution < 1.29 is 0 Å². The predicted octanol–water partition coefficient (Wildman–Crippen LogP) is 2.31. The summed E-state index contributed by atoms with van der Waals surface area (Å²) in [7, 11) is 0. The quantitative estimate of drug-likeness (QED) is 0.787. The Bertz CT molecular complexity index is 462. The van der Waals surface area contributed by atoms with Gasteiger partial charge in [-0.05, 0) is 31.9 Å². The molecule has 0 amide bonds. The molecule has 4 heteroatoms. The Hall–Kier alpha value is -1.71. The van der Waals surface area contributed by atoms with Crippen LogP contribution in [-0.4, -0.2) is 20.0 Å². The molecular formula is C12H16N4. The maximum atomic E-state index is 4.40. The summed E-state index contributed by atoms with van der Waals surface area (Å²) in [5, 5.41) is 8.22. The lowest BCUT2D eigenvalue weighted by Gasteiger charge is -1.99. The van der Waals surface area contributed by atoms with Crippen LogP contribution < -0.4 is 0 Å². The van der Waals surface area contributed by atoms with Crippen molar-refractivity contribution in [2.75, 3.05) is 0 Å². The molecule has 84 valence electrons. The Morgan fingerprint density at radius 1 is 1.31 bits per heavy atom. The van der Waals surface area contributed by atoms with Gasteiger partial charge < -0.3 is 0 Å². The van der Waals surface area contributed by atoms with E-state index in [2.05, 4.69) is 22.2 Å². The number of aromatic nitrogens is 4. The molecule has 0 bridgehead atoms. The highest BCUT2D eigenvalue weighted by molar-refractivity contribution is 5.23. The van der Waals surface area contributed by atoms with Gasteiger partial charge in [0.15, 0.2) is 5.82 Å². The van der Waals surface area contributed by atoms with Crippen molar-refractivity contribution in [3.63, 3.8) is 0 Å². The Morgan fingerprint density at radius 3 is 2.94 bits per heavy atom. The van der Waals surface area contributed by atoms with Gasteiger partial charge in [-0.15, -0.1) is 5.10 Å². The molecule has 0 radical (unpaired) electrons. The second kappa shape index (κ2) is 4.88. The fourth-order valence-electron chi connectivity index (χ4n) is 1.54. The zero-order chi connectivity index (χ0) is 11.4. The van der Waals surface area contributed by atoms with Gasteiger partial charge in [0, 0.05) is 5.69 Å². The van der Waals surface area contributed by atoms with Gasteiger partial charge in [-0.3, -0.25) is 0 Å². The van der Waals surface area contributed by atoms with Crippen molar-refractivity contribution in [2.45, 2.75) is 33.1 Å². The Balaban J connectivity index is 2.18. The zero-order valence-electron chi connectivity index (χ0n) is 9.72. The van der Waals surface area contributed by atoms with Gasteiger partial charge in [0.05, 0.1) is 11.9 Å². The SMILES string of the molecule is CCCCc1cn(-c2cccc(C)n2)nn1. The summed E-state index contributed by atoms with van der Waals surface area (Å²) in [6.07, 6.45) is 5.27. The number of aryl methyl sites for hydroxylation is 2. The van der Waals surface area contributed by atoms with E-state index in [9.17, 15) is 0 Å². The summed E-state index contributed by atoms with van der Waals surface area (Å²) in [6, 6.07) is 5.88. The largest absolute Gasteiger partial charge is 0.234 e. The highest BCUT2D eigenvalue weighted by atomic mass is 15.4. The van der Waals surface area contributed by atoms with Gasteiger partial charge in [-0.25, -0.2) is 9.67 Å². The van der Waals surface area contributed by atoms with Crippen LogP contribution in [-0.2, 0) is 6.42 Å². The molecule has 0 spiro atoms. The minimum absolute atomic E-state index is 0.829. The Kier molecular flexibility index (Phi) is 3.29. The molecule has 0 saturated heterocycles. The third-order valence-electron chi connectivity index (χ3n) is 2.44. The molecule has 0 fully saturated rings. The summed E-state index contributed by atoms with van der Waals surface area (Å²) in [6.45, 7) is 4.14. The lowest BCUT2D eigenvalue weighted by Crippen LogP contribution is -1.98. The fraction of sp³-hybridized carbons (Fsp3) is 0.417. The minimum atomic E-state index is 0.829. The third-order valence-corrected chi connectivity index (χ3v) is 2.44. The van der Waals surface area contributed by atoms with Crippen molar-refractivity contribution in [3.8, 4) is 5.82 Å². The van der Waals surface area contributed by atoms with E-state index < -0.39 is 0 Å². The first-order valence-electron chi connectivity index (χ1n) is 5.65. The highest BCUT2D eigenvalue weighted by Gasteiger charge is 2.03. The smallest absolute Gasteiger partial charge is 0.155 e. The van der Waals surface area contributed by atoms with Crippen LogP contribution in [0.25, 0.3) is 5.82 Å². The van der Waals surface area contributed by atoms with Crippen LogP contribution >= 0.6 is 0 Å². The highest BCUT2D eigenvalue weighted by Crippen LogP contribution is 2.06. The van der Waals surface area contributed by atoms with Gasteiger partial charge in [0.2, 0.25) is 0 Å². The number of hydrogen-bond donors (Lipinski definition) is 0. The van der Waals surface area contributed by atoms with Gasteiger partial charge in [0.25, 0.3) is 0 Å². The molecule has 16 heavy (non-hydrogen) atoms. The van der Waals surface area contributed by atoms with Crippen LogP contribution in [0.3, 0.4) is 0 Å². The molecule has 0 aliphatic carbocycles. The van der Waals surface area contributed by atoms with Crippen molar-refractivity contribution >= 4 is 0 Å². The normalized spacial score (nSPS) is 10.6. The van der Waals surface area contributed by atoms with Gasteiger partial charge in [-0.2, -0.15) is 0 Å². The van der Waals surface area contributed by atoms with Crippen LogP contribution in [0.2, 0.25) is 0 Å². The van der Waals surface area contributed by atoms with Crippen molar-refractivity contribution in [3.05, 3.63) is 35.8 Å². The summed E-state index contributed by atoms with van der Waals surface area (Å²) in [5.41, 5.74) is 2.02. The minimum Gasteiger partial charge on any atom is -0.234 e. The molecular weight excluding hydrogens is 200 g/mol. The molecule has 0 aliphatic rings. The summed E-state index contributed by atoms with van der Waals surface area (Å²) in [4.78, 5) is 4.40. The van der Waals surface area contributed by atoms with E-state index in [-0.39, 0.29) is 0 Å². The van der Waals surface area contributed by atoms with Crippen LogP contribution in [0, 0.1) is 6.92 Å². The molecule has 2 rings (SSSR count). The first-order chi connectivity index (χ1) is 7.79. The predicted molar refractivity (Wildman–Crippen MR) is 62.5 cm³/mol. The average Bonchev–Trinajstić information content (AvgIpc) is 2.75. The maximum absolute atomic E-state index is 4.40. The zero-order valence-corrected chi connectivity index (χ0v) is 9.72. The molecule has 2 heterocycles. The monoisotopic (exact) mass is 216 g/mol. The number of unbranched alkanes of at least 4 members (excludes halogenated alkanes) is 1. The second-order valence-corrected chi connectivity index (χ2v) is 3.90. The molecule has 2 aromatic rings. The van der Waals surface area contributed by atoms with E-state index in [1.165, 1.54) is 6.42 Å². The van der Waals surface area contributed by atoms with Crippen LogP contribution in [0.5, 0.6) is 0 Å². The summed E-state index contributed by atoms with van der Waals surface area (Å²) >= 11 is 0. The summed E-state index contributed by atoms with van der Waals surface area (Å²) in [5.74, 6) is 0.829. The molecule has 0 unspecified atom stereocenters. The van der Waals surface area contributed by atoms with Crippen LogP contribution in [0.15, 0.2) is 24.4 Å². The van der Waals surface area contributed by atoms with E-state index >= 15 is 0 Å². The third kappa shape index (κ3) is 2.45. The fourth-order valence-corrected chi connectivity index (χ4v) is 1.54. The molecule has 0 saturated carbocycles. The van der Waals surface area contributed by atoms with E-state index in [0.717, 1.165) is 30.0 Å². The van der Waals surface area contributed by atoms with Crippen molar-refractivity contribution in [2.24, 2.45) is 0 Å². The number of pyridine rings is 1. The standard InChI is InChI=1S/C12H16N4/c1-3-4-7-11-9-16(15-14-11)12-8-5-6-10(2)13-12/h5-6,8-9H,3-4,7H2,1-2H3. The van der Waals surface area contributed by atoms with E-state index in [1.807, 2.05) is 31.3 Å². The van der Waals surface area contributed by atoms with Crippen LogP contribution in [0.4, 0.5) is 0 Å². The molecule has 4 nitrogen and oxygen atoms in total. The number of nitrogens with zero attached hydrogens (tertiary/aromatic N) is 4. The Morgan fingerprint density at radius 2 is 2.19 bits per heavy atom. The molecule has 0 aliphatic heterocycles. The average molecular weight is 216 g/mol.